The van der Waals surface area contributed by atoms with E-state index in [0.717, 1.165) is 10.4 Å². The van der Waals surface area contributed by atoms with E-state index >= 15 is 0 Å². The first-order valence-corrected chi connectivity index (χ1v) is 7.71. The van der Waals surface area contributed by atoms with Gasteiger partial charge in [-0.25, -0.2) is 0 Å². The van der Waals surface area contributed by atoms with Crippen LogP contribution >= 0.6 is 15.9 Å². The number of benzene rings is 1. The van der Waals surface area contributed by atoms with Crippen LogP contribution in [0, 0.1) is 5.92 Å². The first kappa shape index (κ1) is 13.9. The Bertz CT molecular complexity index is 395. The second-order valence-corrected chi connectivity index (χ2v) is 6.25. The summed E-state index contributed by atoms with van der Waals surface area (Å²) in [6, 6.07) is 6.56. The van der Waals surface area contributed by atoms with Gasteiger partial charge in [0.1, 0.15) is 0 Å². The minimum Gasteiger partial charge on any atom is -0.371 e. The molecule has 2 rings (SSSR count). The van der Waals surface area contributed by atoms with Crippen molar-refractivity contribution in [1.82, 2.24) is 0 Å². The summed E-state index contributed by atoms with van der Waals surface area (Å²) >= 11 is 3.54. The fourth-order valence-corrected chi connectivity index (χ4v) is 3.14. The molecule has 1 aromatic carbocycles. The Morgan fingerprint density at radius 2 is 2.06 bits per heavy atom. The molecule has 2 N–H and O–H groups in total. The van der Waals surface area contributed by atoms with E-state index in [9.17, 15) is 0 Å². The van der Waals surface area contributed by atoms with E-state index in [1.807, 2.05) is 0 Å². The maximum Gasteiger partial charge on any atom is 0.0415 e. The average molecular weight is 311 g/mol. The molecule has 0 aromatic heterocycles. The van der Waals surface area contributed by atoms with Gasteiger partial charge >= 0.3 is 0 Å². The second-order valence-electron chi connectivity index (χ2n) is 5.33. The highest BCUT2D eigenvalue weighted by atomic mass is 79.9. The van der Waals surface area contributed by atoms with Gasteiger partial charge in [-0.2, -0.15) is 0 Å². The van der Waals surface area contributed by atoms with Gasteiger partial charge in [0.25, 0.3) is 0 Å². The van der Waals surface area contributed by atoms with Gasteiger partial charge in [-0.15, -0.1) is 0 Å². The van der Waals surface area contributed by atoms with Gasteiger partial charge in [0, 0.05) is 29.3 Å². The number of hydrogen-bond donors (Lipinski definition) is 1. The lowest BCUT2D eigenvalue weighted by atomic mass is 9.93. The van der Waals surface area contributed by atoms with E-state index < -0.39 is 0 Å². The summed E-state index contributed by atoms with van der Waals surface area (Å²) in [5.74, 6) is 0.912. The van der Waals surface area contributed by atoms with Crippen molar-refractivity contribution in [2.75, 3.05) is 18.0 Å². The fraction of sp³-hybridized carbons (Fsp3) is 0.600. The Kier molecular flexibility index (Phi) is 4.68. The molecule has 100 valence electrons. The molecule has 2 nitrogen and oxygen atoms in total. The van der Waals surface area contributed by atoms with Crippen molar-refractivity contribution in [3.05, 3.63) is 28.2 Å². The number of nitrogens with two attached hydrogens (primary N) is 1. The Hall–Kier alpha value is -0.540. The van der Waals surface area contributed by atoms with Crippen molar-refractivity contribution in [1.29, 1.82) is 0 Å². The Morgan fingerprint density at radius 3 is 2.61 bits per heavy atom. The van der Waals surface area contributed by atoms with Crippen molar-refractivity contribution in [2.45, 2.75) is 39.2 Å². The van der Waals surface area contributed by atoms with Gasteiger partial charge in [-0.05, 0) is 49.4 Å². The molecule has 1 fully saturated rings. The van der Waals surface area contributed by atoms with Crippen LogP contribution in [0.25, 0.3) is 0 Å². The lowest BCUT2D eigenvalue weighted by Gasteiger charge is -2.35. The van der Waals surface area contributed by atoms with Gasteiger partial charge in [0.2, 0.25) is 0 Å². The number of nitrogens with zero attached hydrogens (tertiary/aromatic N) is 1. The van der Waals surface area contributed by atoms with Crippen LogP contribution in [0.1, 0.15) is 44.7 Å². The molecule has 18 heavy (non-hydrogen) atoms. The van der Waals surface area contributed by atoms with Crippen molar-refractivity contribution < 1.29 is 0 Å². The first-order chi connectivity index (χ1) is 8.61. The molecule has 0 bridgehead atoms. The molecule has 1 aromatic rings. The summed E-state index contributed by atoms with van der Waals surface area (Å²) in [4.78, 5) is 2.50. The number of anilines is 1. The van der Waals surface area contributed by atoms with Crippen molar-refractivity contribution >= 4 is 21.6 Å². The van der Waals surface area contributed by atoms with Crippen molar-refractivity contribution in [2.24, 2.45) is 11.7 Å². The largest absolute Gasteiger partial charge is 0.371 e. The molecule has 1 saturated heterocycles. The number of hydrogen-bond acceptors (Lipinski definition) is 2. The van der Waals surface area contributed by atoms with Crippen LogP contribution in [0.4, 0.5) is 5.69 Å². The van der Waals surface area contributed by atoms with Crippen LogP contribution in [0.2, 0.25) is 0 Å². The molecule has 0 saturated carbocycles. The topological polar surface area (TPSA) is 29.3 Å². The summed E-state index contributed by atoms with van der Waals surface area (Å²) in [7, 11) is 0. The summed E-state index contributed by atoms with van der Waals surface area (Å²) in [5, 5.41) is 0. The van der Waals surface area contributed by atoms with E-state index in [1.54, 1.807) is 0 Å². The Morgan fingerprint density at radius 1 is 1.39 bits per heavy atom. The predicted octanol–water partition coefficient (Wildman–Crippen LogP) is 4.10. The number of halogens is 1. The van der Waals surface area contributed by atoms with Gasteiger partial charge in [0.05, 0.1) is 0 Å². The minimum atomic E-state index is 0.0846. The molecule has 0 radical (unpaired) electrons. The maximum absolute atomic E-state index is 6.10. The number of rotatable bonds is 3. The molecule has 1 aliphatic rings. The molecule has 1 aliphatic heterocycles. The van der Waals surface area contributed by atoms with Crippen LogP contribution < -0.4 is 10.6 Å². The van der Waals surface area contributed by atoms with Crippen LogP contribution in [-0.4, -0.2) is 13.1 Å². The summed E-state index contributed by atoms with van der Waals surface area (Å²) < 4.78 is 1.11. The summed E-state index contributed by atoms with van der Waals surface area (Å²) in [5.41, 5.74) is 8.67. The highest BCUT2D eigenvalue weighted by Crippen LogP contribution is 2.32. The molecule has 1 unspecified atom stereocenters. The quantitative estimate of drug-likeness (QED) is 0.911. The van der Waals surface area contributed by atoms with Gasteiger partial charge < -0.3 is 10.6 Å². The smallest absolute Gasteiger partial charge is 0.0415 e. The zero-order valence-corrected chi connectivity index (χ0v) is 12.9. The SMILES string of the molecule is CCC1CCN(c2ccc(Br)cc2C(C)N)CC1. The minimum absolute atomic E-state index is 0.0846. The maximum atomic E-state index is 6.10. The van der Waals surface area contributed by atoms with Crippen molar-refractivity contribution in [3.63, 3.8) is 0 Å². The lowest BCUT2D eigenvalue weighted by Crippen LogP contribution is -2.34. The lowest BCUT2D eigenvalue weighted by molar-refractivity contribution is 0.394. The Balaban J connectivity index is 2.18. The third kappa shape index (κ3) is 3.07. The highest BCUT2D eigenvalue weighted by molar-refractivity contribution is 9.10. The van der Waals surface area contributed by atoms with Crippen LogP contribution in [0.15, 0.2) is 22.7 Å². The predicted molar refractivity (Wildman–Crippen MR) is 82.0 cm³/mol. The zero-order chi connectivity index (χ0) is 13.1. The summed E-state index contributed by atoms with van der Waals surface area (Å²) in [6.45, 7) is 6.69. The first-order valence-electron chi connectivity index (χ1n) is 6.91. The fourth-order valence-electron chi connectivity index (χ4n) is 2.76. The van der Waals surface area contributed by atoms with Gasteiger partial charge in [-0.3, -0.25) is 0 Å². The van der Waals surface area contributed by atoms with E-state index in [0.29, 0.717) is 0 Å². The van der Waals surface area contributed by atoms with E-state index in [4.69, 9.17) is 5.73 Å². The number of piperidine rings is 1. The van der Waals surface area contributed by atoms with Gasteiger partial charge in [0.15, 0.2) is 0 Å². The zero-order valence-electron chi connectivity index (χ0n) is 11.3. The monoisotopic (exact) mass is 310 g/mol. The molecule has 1 atom stereocenters. The molecular weight excluding hydrogens is 288 g/mol. The van der Waals surface area contributed by atoms with Gasteiger partial charge in [-0.1, -0.05) is 29.3 Å². The third-order valence-corrected chi connectivity index (χ3v) is 4.51. The van der Waals surface area contributed by atoms with E-state index in [1.165, 1.54) is 43.6 Å². The normalized spacial score (nSPS) is 19.0. The molecule has 0 amide bonds. The van der Waals surface area contributed by atoms with Crippen LogP contribution in [0.5, 0.6) is 0 Å². The van der Waals surface area contributed by atoms with Crippen LogP contribution in [-0.2, 0) is 0 Å². The average Bonchev–Trinajstić information content (AvgIpc) is 2.39. The molecular formula is C15H23BrN2. The van der Waals surface area contributed by atoms with Crippen LogP contribution in [0.3, 0.4) is 0 Å². The van der Waals surface area contributed by atoms with Crippen molar-refractivity contribution in [3.8, 4) is 0 Å². The van der Waals surface area contributed by atoms with E-state index in [-0.39, 0.29) is 6.04 Å². The third-order valence-electron chi connectivity index (χ3n) is 4.01. The molecule has 0 spiro atoms. The standard InChI is InChI=1S/C15H23BrN2/c1-3-12-6-8-18(9-7-12)15-5-4-13(16)10-14(15)11(2)17/h4-5,10-12H,3,6-9,17H2,1-2H3. The molecule has 1 heterocycles. The summed E-state index contributed by atoms with van der Waals surface area (Å²) in [6.07, 6.45) is 3.93. The highest BCUT2D eigenvalue weighted by Gasteiger charge is 2.20. The molecule has 0 aliphatic carbocycles. The Labute approximate surface area is 119 Å². The van der Waals surface area contributed by atoms with E-state index in [2.05, 4.69) is 52.9 Å². The second kappa shape index (κ2) is 6.07. The molecule has 3 heteroatoms.